The number of rotatable bonds is 6. The summed E-state index contributed by atoms with van der Waals surface area (Å²) in [5.74, 6) is -1.79. The molecule has 0 unspecified atom stereocenters. The van der Waals surface area contributed by atoms with Crippen molar-refractivity contribution in [3.8, 4) is 11.5 Å². The van der Waals surface area contributed by atoms with E-state index in [9.17, 15) is 26.7 Å². The Kier molecular flexibility index (Phi) is 5.73. The highest BCUT2D eigenvalue weighted by molar-refractivity contribution is 9.09. The van der Waals surface area contributed by atoms with E-state index < -0.39 is 36.7 Å². The van der Waals surface area contributed by atoms with Crippen molar-refractivity contribution in [3.63, 3.8) is 0 Å². The zero-order valence-electron chi connectivity index (χ0n) is 9.72. The summed E-state index contributed by atoms with van der Waals surface area (Å²) < 4.78 is 68.9. The third kappa shape index (κ3) is 5.32. The number of alkyl halides is 6. The minimum atomic E-state index is -5.00. The standard InChI is InChI=1S/C11H8BrF5O3/c12-5-6(18)4-7-8(19-10(13)14)2-1-3-9(7)20-11(15,16)17/h1-3,10H,4-5H2. The van der Waals surface area contributed by atoms with Crippen LogP contribution in [0.25, 0.3) is 0 Å². The molecule has 3 nitrogen and oxygen atoms in total. The molecular weight excluding hydrogens is 355 g/mol. The van der Waals surface area contributed by atoms with Gasteiger partial charge in [0, 0.05) is 12.0 Å². The average molecular weight is 363 g/mol. The highest BCUT2D eigenvalue weighted by atomic mass is 79.9. The molecule has 0 aliphatic carbocycles. The number of ketones is 1. The van der Waals surface area contributed by atoms with Crippen molar-refractivity contribution in [1.82, 2.24) is 0 Å². The SMILES string of the molecule is O=C(CBr)Cc1c(OC(F)F)cccc1OC(F)(F)F. The van der Waals surface area contributed by atoms with Crippen molar-refractivity contribution in [3.05, 3.63) is 23.8 Å². The number of ether oxygens (including phenoxy) is 2. The zero-order chi connectivity index (χ0) is 15.3. The molecule has 0 radical (unpaired) electrons. The summed E-state index contributed by atoms with van der Waals surface area (Å²) in [5.41, 5.74) is -0.380. The molecule has 0 N–H and O–H groups in total. The fourth-order valence-corrected chi connectivity index (χ4v) is 1.59. The van der Waals surface area contributed by atoms with Gasteiger partial charge in [-0.05, 0) is 12.1 Å². The van der Waals surface area contributed by atoms with Crippen molar-refractivity contribution in [2.24, 2.45) is 0 Å². The van der Waals surface area contributed by atoms with Crippen LogP contribution < -0.4 is 9.47 Å². The summed E-state index contributed by atoms with van der Waals surface area (Å²) in [5, 5.41) is -0.137. The van der Waals surface area contributed by atoms with Crippen molar-refractivity contribution in [2.45, 2.75) is 19.4 Å². The van der Waals surface area contributed by atoms with Gasteiger partial charge in [0.15, 0.2) is 0 Å². The molecule has 0 heterocycles. The van der Waals surface area contributed by atoms with Crippen LogP contribution in [0.1, 0.15) is 5.56 Å². The van der Waals surface area contributed by atoms with Crippen LogP contribution >= 0.6 is 15.9 Å². The van der Waals surface area contributed by atoms with Gasteiger partial charge in [-0.1, -0.05) is 22.0 Å². The molecule has 0 atom stereocenters. The first-order valence-electron chi connectivity index (χ1n) is 5.13. The molecule has 112 valence electrons. The van der Waals surface area contributed by atoms with Crippen LogP contribution in [-0.2, 0) is 11.2 Å². The molecule has 0 aliphatic rings. The molecule has 0 bridgehead atoms. The summed E-state index contributed by atoms with van der Waals surface area (Å²) >= 11 is 2.83. The summed E-state index contributed by atoms with van der Waals surface area (Å²) in [4.78, 5) is 11.3. The van der Waals surface area contributed by atoms with Gasteiger partial charge in [-0.3, -0.25) is 4.79 Å². The van der Waals surface area contributed by atoms with E-state index in [4.69, 9.17) is 0 Å². The van der Waals surface area contributed by atoms with Gasteiger partial charge in [-0.15, -0.1) is 13.2 Å². The molecule has 9 heteroatoms. The van der Waals surface area contributed by atoms with Gasteiger partial charge in [0.25, 0.3) is 0 Å². The predicted octanol–water partition coefficient (Wildman–Crippen LogP) is 3.69. The van der Waals surface area contributed by atoms with Crippen LogP contribution in [0.5, 0.6) is 11.5 Å². The third-order valence-corrected chi connectivity index (χ3v) is 2.68. The Labute approximate surface area is 118 Å². The van der Waals surface area contributed by atoms with Gasteiger partial charge in [-0.2, -0.15) is 8.78 Å². The lowest BCUT2D eigenvalue weighted by atomic mass is 10.1. The molecule has 0 aliphatic heterocycles. The molecule has 1 rings (SSSR count). The summed E-state index contributed by atoms with van der Waals surface area (Å²) in [6, 6.07) is 3.01. The normalized spacial score (nSPS) is 11.6. The Morgan fingerprint density at radius 3 is 2.35 bits per heavy atom. The van der Waals surface area contributed by atoms with E-state index in [2.05, 4.69) is 25.4 Å². The highest BCUT2D eigenvalue weighted by Gasteiger charge is 2.33. The second kappa shape index (κ2) is 6.87. The van der Waals surface area contributed by atoms with E-state index >= 15 is 0 Å². The van der Waals surface area contributed by atoms with E-state index in [1.807, 2.05) is 0 Å². The number of halogens is 6. The van der Waals surface area contributed by atoms with Gasteiger partial charge < -0.3 is 9.47 Å². The van der Waals surface area contributed by atoms with E-state index in [0.717, 1.165) is 18.2 Å². The molecule has 0 saturated carbocycles. The Balaban J connectivity index is 3.17. The maximum Gasteiger partial charge on any atom is 0.573 e. The highest BCUT2D eigenvalue weighted by Crippen LogP contribution is 2.34. The van der Waals surface area contributed by atoms with Gasteiger partial charge >= 0.3 is 13.0 Å². The van der Waals surface area contributed by atoms with Crippen LogP contribution in [0.4, 0.5) is 22.0 Å². The Morgan fingerprint density at radius 1 is 1.25 bits per heavy atom. The molecule has 0 saturated heterocycles. The molecular formula is C11H8BrF5O3. The first-order chi connectivity index (χ1) is 9.23. The van der Waals surface area contributed by atoms with Crippen molar-refractivity contribution < 1.29 is 36.2 Å². The molecule has 0 amide bonds. The lowest BCUT2D eigenvalue weighted by Gasteiger charge is -2.16. The monoisotopic (exact) mass is 362 g/mol. The second-order valence-corrected chi connectivity index (χ2v) is 4.07. The predicted molar refractivity (Wildman–Crippen MR) is 62.3 cm³/mol. The van der Waals surface area contributed by atoms with Crippen LogP contribution in [0, 0.1) is 0 Å². The Morgan fingerprint density at radius 2 is 1.85 bits per heavy atom. The minimum Gasteiger partial charge on any atom is -0.434 e. The average Bonchev–Trinajstić information content (AvgIpc) is 2.30. The Hall–Kier alpha value is -1.38. The van der Waals surface area contributed by atoms with Gasteiger partial charge in [0.1, 0.15) is 17.3 Å². The molecule has 0 aromatic heterocycles. The zero-order valence-corrected chi connectivity index (χ0v) is 11.3. The second-order valence-electron chi connectivity index (χ2n) is 3.51. The number of hydrogen-bond donors (Lipinski definition) is 0. The number of carbonyl (C=O) groups excluding carboxylic acids is 1. The van der Waals surface area contributed by atoms with Gasteiger partial charge in [0.2, 0.25) is 0 Å². The fraction of sp³-hybridized carbons (Fsp3) is 0.364. The third-order valence-electron chi connectivity index (χ3n) is 2.05. The van der Waals surface area contributed by atoms with Crippen molar-refractivity contribution >= 4 is 21.7 Å². The molecule has 0 spiro atoms. The van der Waals surface area contributed by atoms with Crippen molar-refractivity contribution in [1.29, 1.82) is 0 Å². The number of hydrogen-bond acceptors (Lipinski definition) is 3. The maximum atomic E-state index is 12.2. The van der Waals surface area contributed by atoms with Crippen molar-refractivity contribution in [2.75, 3.05) is 5.33 Å². The first-order valence-corrected chi connectivity index (χ1v) is 6.25. The Bertz CT molecular complexity index is 476. The van der Waals surface area contributed by atoms with Crippen LogP contribution in [0.2, 0.25) is 0 Å². The van der Waals surface area contributed by atoms with E-state index in [-0.39, 0.29) is 10.9 Å². The topological polar surface area (TPSA) is 35.5 Å². The minimum absolute atomic E-state index is 0.137. The van der Waals surface area contributed by atoms with E-state index in [0.29, 0.717) is 0 Å². The number of Topliss-reactive ketones (excluding diaryl/α,β-unsaturated/α-hetero) is 1. The lowest BCUT2D eigenvalue weighted by molar-refractivity contribution is -0.274. The number of benzene rings is 1. The van der Waals surface area contributed by atoms with E-state index in [1.54, 1.807) is 0 Å². The fourth-order valence-electron chi connectivity index (χ4n) is 1.39. The lowest BCUT2D eigenvalue weighted by Crippen LogP contribution is -2.19. The first kappa shape index (κ1) is 16.7. The van der Waals surface area contributed by atoms with E-state index in [1.165, 1.54) is 0 Å². The largest absolute Gasteiger partial charge is 0.573 e. The van der Waals surface area contributed by atoms with Crippen LogP contribution in [-0.4, -0.2) is 24.1 Å². The maximum absolute atomic E-state index is 12.2. The molecule has 0 fully saturated rings. The molecule has 1 aromatic rings. The summed E-state index contributed by atoms with van der Waals surface area (Å²) in [7, 11) is 0. The smallest absolute Gasteiger partial charge is 0.434 e. The van der Waals surface area contributed by atoms with Gasteiger partial charge in [-0.25, -0.2) is 0 Å². The number of carbonyl (C=O) groups is 1. The van der Waals surface area contributed by atoms with Crippen LogP contribution in [0.15, 0.2) is 18.2 Å². The van der Waals surface area contributed by atoms with Crippen LogP contribution in [0.3, 0.4) is 0 Å². The summed E-state index contributed by atoms with van der Waals surface area (Å²) in [6.07, 6.45) is -5.53. The van der Waals surface area contributed by atoms with Gasteiger partial charge in [0.05, 0.1) is 5.33 Å². The summed E-state index contributed by atoms with van der Waals surface area (Å²) in [6.45, 7) is -3.23. The molecule has 1 aromatic carbocycles. The molecule has 20 heavy (non-hydrogen) atoms. The quantitative estimate of drug-likeness (QED) is 0.571.